The molecule has 2 fully saturated rings. The number of rotatable bonds is 3. The van der Waals surface area contributed by atoms with Gasteiger partial charge in [0.1, 0.15) is 5.69 Å². The van der Waals surface area contributed by atoms with Crippen molar-refractivity contribution in [3.63, 3.8) is 0 Å². The maximum absolute atomic E-state index is 12.0. The molecule has 0 bridgehead atoms. The van der Waals surface area contributed by atoms with E-state index in [4.69, 9.17) is 0 Å². The number of aromatic nitrogens is 1. The minimum absolute atomic E-state index is 0.0366. The zero-order valence-electron chi connectivity index (χ0n) is 12.5. The van der Waals surface area contributed by atoms with Gasteiger partial charge in [0.15, 0.2) is 0 Å². The summed E-state index contributed by atoms with van der Waals surface area (Å²) in [6.07, 6.45) is 13.8. The van der Waals surface area contributed by atoms with Crippen molar-refractivity contribution >= 4 is 5.78 Å². The number of carbonyl (C=O) groups is 1. The van der Waals surface area contributed by atoms with Crippen molar-refractivity contribution in [2.75, 3.05) is 7.05 Å². The summed E-state index contributed by atoms with van der Waals surface area (Å²) in [5.74, 6) is 0.778. The van der Waals surface area contributed by atoms with Gasteiger partial charge in [0.2, 0.25) is 5.78 Å². The lowest BCUT2D eigenvalue weighted by molar-refractivity contribution is 0.104. The van der Waals surface area contributed by atoms with Gasteiger partial charge in [-0.15, -0.1) is 0 Å². The van der Waals surface area contributed by atoms with Gasteiger partial charge in [0.05, 0.1) is 0 Å². The predicted octanol–water partition coefficient (Wildman–Crippen LogP) is 3.60. The first kappa shape index (κ1) is 14.1. The summed E-state index contributed by atoms with van der Waals surface area (Å²) < 4.78 is 0. The van der Waals surface area contributed by atoms with Crippen LogP contribution < -0.4 is 0 Å². The van der Waals surface area contributed by atoms with Crippen LogP contribution >= 0.6 is 0 Å². The van der Waals surface area contributed by atoms with Crippen molar-refractivity contribution in [2.24, 2.45) is 5.92 Å². The Bertz CT molecular complexity index is 562. The molecule has 110 valence electrons. The van der Waals surface area contributed by atoms with E-state index in [1.54, 1.807) is 18.3 Å². The Balaban J connectivity index is 1.66. The number of allylic oxidation sites excluding steroid dienone is 4. The van der Waals surface area contributed by atoms with Crippen molar-refractivity contribution in [1.82, 2.24) is 9.88 Å². The molecule has 1 saturated carbocycles. The number of pyridine rings is 1. The quantitative estimate of drug-likeness (QED) is 0.627. The first-order chi connectivity index (χ1) is 10.3. The van der Waals surface area contributed by atoms with Crippen molar-refractivity contribution in [3.8, 4) is 0 Å². The van der Waals surface area contributed by atoms with Crippen molar-refractivity contribution in [3.05, 3.63) is 54.0 Å². The first-order valence-corrected chi connectivity index (χ1v) is 7.81. The van der Waals surface area contributed by atoms with E-state index in [0.717, 1.165) is 12.3 Å². The van der Waals surface area contributed by atoms with E-state index in [-0.39, 0.29) is 5.78 Å². The zero-order chi connectivity index (χ0) is 14.7. The fourth-order valence-corrected chi connectivity index (χ4v) is 3.59. The van der Waals surface area contributed by atoms with E-state index >= 15 is 0 Å². The van der Waals surface area contributed by atoms with Crippen LogP contribution in [0.15, 0.2) is 48.3 Å². The van der Waals surface area contributed by atoms with Crippen LogP contribution in [0.3, 0.4) is 0 Å². The Hall–Kier alpha value is -1.90. The van der Waals surface area contributed by atoms with Gasteiger partial charge in [-0.25, -0.2) is 0 Å². The van der Waals surface area contributed by atoms with Gasteiger partial charge < -0.3 is 4.90 Å². The lowest BCUT2D eigenvalue weighted by atomic mass is 9.85. The van der Waals surface area contributed by atoms with Crippen LogP contribution in [0.25, 0.3) is 0 Å². The second-order valence-electron chi connectivity index (χ2n) is 6.02. The van der Waals surface area contributed by atoms with E-state index in [9.17, 15) is 4.79 Å². The molecule has 1 aromatic heterocycles. The second-order valence-corrected chi connectivity index (χ2v) is 6.02. The number of ketones is 1. The molecule has 3 nitrogen and oxygen atoms in total. The Morgan fingerprint density at radius 3 is 2.95 bits per heavy atom. The second kappa shape index (κ2) is 6.25. The number of nitrogens with zero attached hydrogens (tertiary/aromatic N) is 2. The highest BCUT2D eigenvalue weighted by atomic mass is 16.1. The van der Waals surface area contributed by atoms with E-state index in [1.807, 2.05) is 18.2 Å². The van der Waals surface area contributed by atoms with Crippen LogP contribution in [0.5, 0.6) is 0 Å². The largest absolute Gasteiger partial charge is 0.375 e. The summed E-state index contributed by atoms with van der Waals surface area (Å²) in [6, 6.07) is 6.11. The average molecular weight is 282 g/mol. The van der Waals surface area contributed by atoms with E-state index < -0.39 is 0 Å². The van der Waals surface area contributed by atoms with Gasteiger partial charge in [-0.1, -0.05) is 25.0 Å². The summed E-state index contributed by atoms with van der Waals surface area (Å²) in [5, 5.41) is 0. The highest BCUT2D eigenvalue weighted by Gasteiger charge is 2.35. The Kier molecular flexibility index (Phi) is 4.18. The topological polar surface area (TPSA) is 33.2 Å². The van der Waals surface area contributed by atoms with Crippen molar-refractivity contribution in [1.29, 1.82) is 0 Å². The van der Waals surface area contributed by atoms with Crippen LogP contribution in [0.4, 0.5) is 0 Å². The molecule has 3 rings (SSSR count). The third kappa shape index (κ3) is 3.07. The van der Waals surface area contributed by atoms with Crippen LogP contribution in [0.2, 0.25) is 0 Å². The molecule has 1 aliphatic carbocycles. The molecule has 21 heavy (non-hydrogen) atoms. The highest BCUT2D eigenvalue weighted by molar-refractivity contribution is 6.03. The fourth-order valence-electron chi connectivity index (χ4n) is 3.59. The smallest absolute Gasteiger partial charge is 0.204 e. The summed E-state index contributed by atoms with van der Waals surface area (Å²) in [7, 11) is 2.19. The SMILES string of the molecule is CN1/C(=C\C=C\C(=O)c2ccccn2)CC2CCCCC21. The standard InChI is InChI=1S/C18H22N2O/c1-20-15(13-14-7-2-3-10-17(14)20)8-6-11-18(21)16-9-4-5-12-19-16/h4-6,8-9,11-12,14,17H,2-3,7,10,13H2,1H3/b11-6+,15-8-. The minimum atomic E-state index is -0.0366. The Morgan fingerprint density at radius 2 is 2.19 bits per heavy atom. The molecule has 1 saturated heterocycles. The van der Waals surface area contributed by atoms with Crippen LogP contribution in [0, 0.1) is 5.92 Å². The van der Waals surface area contributed by atoms with Gasteiger partial charge in [0, 0.05) is 25.0 Å². The van der Waals surface area contributed by atoms with Crippen molar-refractivity contribution < 1.29 is 4.79 Å². The summed E-state index contributed by atoms with van der Waals surface area (Å²) in [5.41, 5.74) is 1.86. The first-order valence-electron chi connectivity index (χ1n) is 7.81. The highest BCUT2D eigenvalue weighted by Crippen LogP contribution is 2.40. The molecule has 3 heteroatoms. The van der Waals surface area contributed by atoms with Crippen molar-refractivity contribution in [2.45, 2.75) is 38.1 Å². The molecule has 1 aromatic rings. The van der Waals surface area contributed by atoms with Crippen LogP contribution in [0.1, 0.15) is 42.6 Å². The molecule has 0 amide bonds. The maximum atomic E-state index is 12.0. The third-order valence-corrected chi connectivity index (χ3v) is 4.74. The normalized spacial score (nSPS) is 27.3. The van der Waals surface area contributed by atoms with Gasteiger partial charge in [-0.3, -0.25) is 9.78 Å². The number of carbonyl (C=O) groups excluding carboxylic acids is 1. The van der Waals surface area contributed by atoms with Gasteiger partial charge in [-0.2, -0.15) is 0 Å². The summed E-state index contributed by atoms with van der Waals surface area (Å²) in [6.45, 7) is 0. The van der Waals surface area contributed by atoms with E-state index in [0.29, 0.717) is 11.7 Å². The molecule has 0 radical (unpaired) electrons. The maximum Gasteiger partial charge on any atom is 0.204 e. The molecule has 1 aliphatic heterocycles. The monoisotopic (exact) mass is 282 g/mol. The van der Waals surface area contributed by atoms with Gasteiger partial charge in [-0.05, 0) is 49.5 Å². The molecular weight excluding hydrogens is 260 g/mol. The number of likely N-dealkylation sites (tertiary alicyclic amines) is 1. The number of fused-ring (bicyclic) bond motifs is 1. The van der Waals surface area contributed by atoms with Gasteiger partial charge >= 0.3 is 0 Å². The summed E-state index contributed by atoms with van der Waals surface area (Å²) in [4.78, 5) is 18.4. The van der Waals surface area contributed by atoms with Crippen LogP contribution in [-0.2, 0) is 0 Å². The van der Waals surface area contributed by atoms with Gasteiger partial charge in [0.25, 0.3) is 0 Å². The molecule has 0 N–H and O–H groups in total. The molecule has 2 unspecified atom stereocenters. The third-order valence-electron chi connectivity index (χ3n) is 4.74. The Labute approximate surface area is 126 Å². The lowest BCUT2D eigenvalue weighted by Crippen LogP contribution is -2.30. The molecule has 2 aliphatic rings. The predicted molar refractivity (Wildman–Crippen MR) is 83.9 cm³/mol. The fraction of sp³-hybridized carbons (Fsp3) is 0.444. The molecule has 0 aromatic carbocycles. The molecule has 2 atom stereocenters. The summed E-state index contributed by atoms with van der Waals surface area (Å²) >= 11 is 0. The molecule has 2 heterocycles. The number of hydrogen-bond donors (Lipinski definition) is 0. The lowest BCUT2D eigenvalue weighted by Gasteiger charge is -2.30. The minimum Gasteiger partial charge on any atom is -0.375 e. The molecule has 0 spiro atoms. The zero-order valence-corrected chi connectivity index (χ0v) is 12.5. The molecular formula is C18H22N2O. The van der Waals surface area contributed by atoms with E-state index in [1.165, 1.54) is 31.4 Å². The Morgan fingerprint density at radius 1 is 1.33 bits per heavy atom. The average Bonchev–Trinajstić information content (AvgIpc) is 2.85. The number of hydrogen-bond acceptors (Lipinski definition) is 3. The van der Waals surface area contributed by atoms with E-state index in [2.05, 4.69) is 23.0 Å². The van der Waals surface area contributed by atoms with Crippen LogP contribution in [-0.4, -0.2) is 28.8 Å².